The monoisotopic (exact) mass is 400 g/mol. The number of rotatable bonds is 4. The molecule has 0 spiro atoms. The molecule has 0 fully saturated rings. The number of nitrogens with zero attached hydrogens (tertiary/aromatic N) is 1. The molecule has 0 saturated carbocycles. The zero-order valence-corrected chi connectivity index (χ0v) is 17.3. The van der Waals surface area contributed by atoms with E-state index >= 15 is 0 Å². The molecule has 2 aliphatic heterocycles. The summed E-state index contributed by atoms with van der Waals surface area (Å²) in [5.41, 5.74) is 9.09. The molecule has 0 amide bonds. The van der Waals surface area contributed by atoms with E-state index in [2.05, 4.69) is 59.8 Å². The van der Waals surface area contributed by atoms with E-state index in [0.29, 0.717) is 11.5 Å². The van der Waals surface area contributed by atoms with E-state index in [4.69, 9.17) is 14.2 Å². The zero-order chi connectivity index (χ0) is 20.7. The lowest BCUT2D eigenvalue weighted by atomic mass is 10.0. The molecule has 0 aromatic heterocycles. The molecule has 1 N–H and O–H groups in total. The van der Waals surface area contributed by atoms with Crippen molar-refractivity contribution in [2.75, 3.05) is 14.2 Å². The van der Waals surface area contributed by atoms with Crippen molar-refractivity contribution in [3.05, 3.63) is 95.1 Å². The summed E-state index contributed by atoms with van der Waals surface area (Å²) in [5.74, 6) is 2.33. The van der Waals surface area contributed by atoms with Crippen molar-refractivity contribution in [3.63, 3.8) is 0 Å². The Balaban J connectivity index is 1.56. The normalized spacial score (nSPS) is 19.8. The first-order valence-electron chi connectivity index (χ1n) is 9.99. The minimum Gasteiger partial charge on any atom is -0.493 e. The van der Waals surface area contributed by atoms with E-state index in [1.165, 1.54) is 5.56 Å². The number of methoxy groups -OCH3 is 2. The van der Waals surface area contributed by atoms with E-state index < -0.39 is 0 Å². The Labute approximate surface area is 176 Å². The summed E-state index contributed by atoms with van der Waals surface area (Å²) in [5, 5.41) is 2.17. The van der Waals surface area contributed by atoms with Gasteiger partial charge in [0.1, 0.15) is 5.75 Å². The van der Waals surface area contributed by atoms with Gasteiger partial charge < -0.3 is 19.6 Å². The fourth-order valence-electron chi connectivity index (χ4n) is 4.06. The Kier molecular flexibility index (Phi) is 4.60. The molecule has 2 heterocycles. The molecular formula is C25H24N2O3. The number of para-hydroxylation sites is 1. The zero-order valence-electron chi connectivity index (χ0n) is 17.3. The number of hydrogen-bond acceptors (Lipinski definition) is 5. The molecule has 3 aromatic carbocycles. The molecule has 30 heavy (non-hydrogen) atoms. The average molecular weight is 400 g/mol. The Hall–Kier alpha value is -3.44. The number of nitrogens with one attached hydrogen (secondary N) is 1. The van der Waals surface area contributed by atoms with E-state index in [1.807, 2.05) is 30.3 Å². The number of benzene rings is 3. The van der Waals surface area contributed by atoms with Gasteiger partial charge in [0.05, 0.1) is 26.0 Å². The van der Waals surface area contributed by atoms with Gasteiger partial charge in [-0.25, -0.2) is 0 Å². The standard InChI is InChI=1S/C25H24N2O3/c1-16-8-10-17(11-9-16)25-27-21(19-6-4-5-7-22(19)30-25)15-20(26-27)18-12-13-23(28-2)24(14-18)29-3/h4-15,21,25-26H,1-3H3/t21-,25+/m1/s1. The third-order valence-corrected chi connectivity index (χ3v) is 5.66. The lowest BCUT2D eigenvalue weighted by Gasteiger charge is -2.39. The van der Waals surface area contributed by atoms with Gasteiger partial charge in [-0.1, -0.05) is 48.0 Å². The highest BCUT2D eigenvalue weighted by Crippen LogP contribution is 2.46. The predicted molar refractivity (Wildman–Crippen MR) is 116 cm³/mol. The first-order chi connectivity index (χ1) is 14.7. The van der Waals surface area contributed by atoms with Gasteiger partial charge in [0.25, 0.3) is 0 Å². The van der Waals surface area contributed by atoms with Crippen molar-refractivity contribution in [2.45, 2.75) is 19.2 Å². The van der Waals surface area contributed by atoms with Crippen LogP contribution in [0.5, 0.6) is 17.2 Å². The van der Waals surface area contributed by atoms with E-state index in [1.54, 1.807) is 14.2 Å². The van der Waals surface area contributed by atoms with Gasteiger partial charge in [-0.05, 0) is 37.3 Å². The van der Waals surface area contributed by atoms with Gasteiger partial charge in [0.15, 0.2) is 17.7 Å². The van der Waals surface area contributed by atoms with Crippen LogP contribution in [0, 0.1) is 6.92 Å². The molecule has 0 unspecified atom stereocenters. The summed E-state index contributed by atoms with van der Waals surface area (Å²) in [7, 11) is 3.30. The van der Waals surface area contributed by atoms with E-state index in [0.717, 1.165) is 28.1 Å². The first-order valence-corrected chi connectivity index (χ1v) is 9.99. The summed E-state index contributed by atoms with van der Waals surface area (Å²) in [6.07, 6.45) is 2.00. The second-order valence-electron chi connectivity index (χ2n) is 7.53. The van der Waals surface area contributed by atoms with Gasteiger partial charge in [0, 0.05) is 16.7 Å². The molecule has 0 radical (unpaired) electrons. The molecule has 0 saturated heterocycles. The SMILES string of the molecule is COc1ccc(C2=C[C@@H]3c4ccccc4O[C@@H](c4ccc(C)cc4)N3N2)cc1OC. The molecule has 3 aromatic rings. The average Bonchev–Trinajstić information content (AvgIpc) is 3.24. The van der Waals surface area contributed by atoms with Crippen LogP contribution in [0.2, 0.25) is 0 Å². The molecule has 5 heteroatoms. The van der Waals surface area contributed by atoms with Crippen LogP contribution >= 0.6 is 0 Å². The maximum atomic E-state index is 6.42. The van der Waals surface area contributed by atoms with Gasteiger partial charge in [-0.2, -0.15) is 5.01 Å². The highest BCUT2D eigenvalue weighted by atomic mass is 16.5. The summed E-state index contributed by atoms with van der Waals surface area (Å²) < 4.78 is 17.3. The van der Waals surface area contributed by atoms with Crippen LogP contribution in [-0.2, 0) is 0 Å². The second-order valence-corrected chi connectivity index (χ2v) is 7.53. The number of hydrogen-bond donors (Lipinski definition) is 1. The number of hydrazine groups is 1. The largest absolute Gasteiger partial charge is 0.493 e. The molecule has 0 bridgehead atoms. The molecular weight excluding hydrogens is 376 g/mol. The molecule has 2 aliphatic rings. The van der Waals surface area contributed by atoms with Crippen LogP contribution < -0.4 is 19.6 Å². The Morgan fingerprint density at radius 3 is 2.43 bits per heavy atom. The molecule has 5 nitrogen and oxygen atoms in total. The van der Waals surface area contributed by atoms with Gasteiger partial charge in [0.2, 0.25) is 0 Å². The van der Waals surface area contributed by atoms with Crippen LogP contribution in [0.1, 0.15) is 34.5 Å². The summed E-state index contributed by atoms with van der Waals surface area (Å²) in [4.78, 5) is 0. The third-order valence-electron chi connectivity index (χ3n) is 5.66. The Morgan fingerprint density at radius 2 is 1.67 bits per heavy atom. The van der Waals surface area contributed by atoms with Crippen LogP contribution in [-0.4, -0.2) is 19.2 Å². The second kappa shape index (κ2) is 7.43. The summed E-state index contributed by atoms with van der Waals surface area (Å²) >= 11 is 0. The third kappa shape index (κ3) is 3.08. The van der Waals surface area contributed by atoms with Crippen molar-refractivity contribution < 1.29 is 14.2 Å². The smallest absolute Gasteiger partial charge is 0.195 e. The maximum Gasteiger partial charge on any atom is 0.195 e. The van der Waals surface area contributed by atoms with Crippen LogP contribution in [0.25, 0.3) is 5.70 Å². The fourth-order valence-corrected chi connectivity index (χ4v) is 4.06. The first kappa shape index (κ1) is 18.6. The number of ether oxygens (including phenoxy) is 3. The Morgan fingerprint density at radius 1 is 0.900 bits per heavy atom. The number of fused-ring (bicyclic) bond motifs is 3. The topological polar surface area (TPSA) is 43.0 Å². The fraction of sp³-hybridized carbons (Fsp3) is 0.200. The maximum absolute atomic E-state index is 6.42. The summed E-state index contributed by atoms with van der Waals surface area (Å²) in [6.45, 7) is 2.09. The van der Waals surface area contributed by atoms with Gasteiger partial charge >= 0.3 is 0 Å². The number of aryl methyl sites for hydroxylation is 1. The van der Waals surface area contributed by atoms with Crippen molar-refractivity contribution in [1.82, 2.24) is 10.4 Å². The van der Waals surface area contributed by atoms with Crippen molar-refractivity contribution in [3.8, 4) is 17.2 Å². The van der Waals surface area contributed by atoms with Gasteiger partial charge in [-0.3, -0.25) is 0 Å². The van der Waals surface area contributed by atoms with Crippen LogP contribution in [0.3, 0.4) is 0 Å². The van der Waals surface area contributed by atoms with Crippen molar-refractivity contribution >= 4 is 5.70 Å². The molecule has 5 rings (SSSR count). The highest BCUT2D eigenvalue weighted by molar-refractivity contribution is 5.69. The quantitative estimate of drug-likeness (QED) is 0.667. The molecule has 152 valence electrons. The van der Waals surface area contributed by atoms with Crippen molar-refractivity contribution in [1.29, 1.82) is 0 Å². The summed E-state index contributed by atoms with van der Waals surface area (Å²) in [6, 6.07) is 22.7. The highest BCUT2D eigenvalue weighted by Gasteiger charge is 2.40. The molecule has 0 aliphatic carbocycles. The van der Waals surface area contributed by atoms with E-state index in [9.17, 15) is 0 Å². The molecule has 2 atom stereocenters. The minimum atomic E-state index is -0.237. The van der Waals surface area contributed by atoms with Gasteiger partial charge in [-0.15, -0.1) is 0 Å². The van der Waals surface area contributed by atoms with Crippen LogP contribution in [0.15, 0.2) is 72.8 Å². The van der Waals surface area contributed by atoms with Crippen molar-refractivity contribution in [2.24, 2.45) is 0 Å². The lowest BCUT2D eigenvalue weighted by molar-refractivity contribution is -0.0326. The minimum absolute atomic E-state index is 0.0596. The Bertz CT molecular complexity index is 1110. The predicted octanol–water partition coefficient (Wildman–Crippen LogP) is 5.01. The van der Waals surface area contributed by atoms with Crippen LogP contribution in [0.4, 0.5) is 0 Å². The lowest BCUT2D eigenvalue weighted by Crippen LogP contribution is -2.43. The van der Waals surface area contributed by atoms with E-state index in [-0.39, 0.29) is 12.3 Å².